The van der Waals surface area contributed by atoms with Crippen LogP contribution in [0.25, 0.3) is 0 Å². The normalized spacial score (nSPS) is 29.4. The molecule has 3 aliphatic rings. The molecule has 3 heterocycles. The van der Waals surface area contributed by atoms with Crippen molar-refractivity contribution in [1.29, 1.82) is 0 Å². The molecule has 2 fully saturated rings. The molecule has 0 spiro atoms. The van der Waals surface area contributed by atoms with Crippen molar-refractivity contribution in [1.82, 2.24) is 15.2 Å². The third kappa shape index (κ3) is 4.54. The van der Waals surface area contributed by atoms with Crippen molar-refractivity contribution in [3.05, 3.63) is 29.1 Å². The molecule has 1 aliphatic carbocycles. The summed E-state index contributed by atoms with van der Waals surface area (Å²) in [5.74, 6) is -0.243. The third-order valence-corrected chi connectivity index (χ3v) is 6.87. The van der Waals surface area contributed by atoms with E-state index < -0.39 is 28.8 Å². The first-order valence-corrected chi connectivity index (χ1v) is 11.3. The predicted molar refractivity (Wildman–Crippen MR) is 112 cm³/mol. The Morgan fingerprint density at radius 1 is 1.30 bits per heavy atom. The first kappa shape index (κ1) is 23.8. The second-order valence-corrected chi connectivity index (χ2v) is 10.3. The van der Waals surface area contributed by atoms with Gasteiger partial charge in [0.1, 0.15) is 5.60 Å². The van der Waals surface area contributed by atoms with E-state index in [0.29, 0.717) is 43.7 Å². The SMILES string of the molecule is C[C@H]1[C@@H](NC(=O)OC(C)(C)C)C[C@]2(C(=O)N3CCc4ncc(C(F)(F)F)cc4C3)CCO[C@H]12. The fourth-order valence-corrected chi connectivity index (χ4v) is 5.36. The summed E-state index contributed by atoms with van der Waals surface area (Å²) >= 11 is 0. The Bertz CT molecular complexity index is 946. The number of alkyl halides is 3. The van der Waals surface area contributed by atoms with Crippen LogP contribution in [0.4, 0.5) is 18.0 Å². The minimum Gasteiger partial charge on any atom is -0.444 e. The zero-order chi connectivity index (χ0) is 24.2. The number of aromatic nitrogens is 1. The van der Waals surface area contributed by atoms with Crippen LogP contribution in [0.3, 0.4) is 0 Å². The number of rotatable bonds is 2. The average molecular weight is 470 g/mol. The highest BCUT2D eigenvalue weighted by Gasteiger charge is 2.61. The number of ether oxygens (including phenoxy) is 2. The van der Waals surface area contributed by atoms with Gasteiger partial charge >= 0.3 is 12.3 Å². The van der Waals surface area contributed by atoms with Gasteiger partial charge < -0.3 is 19.7 Å². The monoisotopic (exact) mass is 469 g/mol. The number of pyridine rings is 1. The standard InChI is InChI=1S/C23H30F3N3O4/c1-13-17(28-20(31)33-21(2,3)4)10-22(6-8-32-18(13)22)19(30)29-7-5-16-14(12-29)9-15(11-27-16)23(24,25)26/h9,11,13,17-18H,5-8,10,12H2,1-4H3,(H,28,31)/t13-,17-,18+,22+/m0/s1. The number of alkyl carbamates (subject to hydrolysis) is 1. The van der Waals surface area contributed by atoms with Crippen LogP contribution >= 0.6 is 0 Å². The lowest BCUT2D eigenvalue weighted by Crippen LogP contribution is -2.48. The number of carbonyl (C=O) groups is 2. The smallest absolute Gasteiger partial charge is 0.417 e. The molecule has 7 nitrogen and oxygen atoms in total. The molecule has 1 saturated heterocycles. The van der Waals surface area contributed by atoms with Gasteiger partial charge in [-0.3, -0.25) is 9.78 Å². The first-order valence-electron chi connectivity index (χ1n) is 11.3. The van der Waals surface area contributed by atoms with Crippen LogP contribution in [0.1, 0.15) is 57.4 Å². The fraction of sp³-hybridized carbons (Fsp3) is 0.696. The minimum absolute atomic E-state index is 0.0814. The fourth-order valence-electron chi connectivity index (χ4n) is 5.36. The predicted octanol–water partition coefficient (Wildman–Crippen LogP) is 3.69. The second-order valence-electron chi connectivity index (χ2n) is 10.3. The molecular weight excluding hydrogens is 439 g/mol. The molecule has 182 valence electrons. The maximum atomic E-state index is 13.8. The number of amides is 2. The number of nitrogens with zero attached hydrogens (tertiary/aromatic N) is 2. The second kappa shape index (κ2) is 8.14. The van der Waals surface area contributed by atoms with Crippen LogP contribution in [0.5, 0.6) is 0 Å². The Morgan fingerprint density at radius 2 is 2.03 bits per heavy atom. The van der Waals surface area contributed by atoms with E-state index in [4.69, 9.17) is 9.47 Å². The molecule has 1 aromatic heterocycles. The molecule has 1 aromatic rings. The van der Waals surface area contributed by atoms with Crippen LogP contribution in [-0.4, -0.2) is 52.8 Å². The van der Waals surface area contributed by atoms with Crippen LogP contribution < -0.4 is 5.32 Å². The molecule has 33 heavy (non-hydrogen) atoms. The van der Waals surface area contributed by atoms with Gasteiger partial charge in [0.25, 0.3) is 0 Å². The molecule has 4 rings (SSSR count). The Labute approximate surface area is 191 Å². The molecule has 4 atom stereocenters. The highest BCUT2D eigenvalue weighted by Crippen LogP contribution is 2.52. The first-order chi connectivity index (χ1) is 15.3. The Morgan fingerprint density at radius 3 is 2.70 bits per heavy atom. The summed E-state index contributed by atoms with van der Waals surface area (Å²) in [7, 11) is 0. The van der Waals surface area contributed by atoms with E-state index in [1.165, 1.54) is 0 Å². The van der Waals surface area contributed by atoms with Gasteiger partial charge in [-0.2, -0.15) is 13.2 Å². The van der Waals surface area contributed by atoms with Gasteiger partial charge in [0, 0.05) is 50.0 Å². The van der Waals surface area contributed by atoms with Crippen LogP contribution in [0.2, 0.25) is 0 Å². The molecule has 1 saturated carbocycles. The number of hydrogen-bond acceptors (Lipinski definition) is 5. The van der Waals surface area contributed by atoms with Gasteiger partial charge in [-0.25, -0.2) is 4.79 Å². The van der Waals surface area contributed by atoms with Crippen molar-refractivity contribution in [2.75, 3.05) is 13.2 Å². The van der Waals surface area contributed by atoms with E-state index in [1.54, 1.807) is 25.7 Å². The Balaban J connectivity index is 1.52. The van der Waals surface area contributed by atoms with E-state index in [-0.39, 0.29) is 30.5 Å². The zero-order valence-corrected chi connectivity index (χ0v) is 19.3. The van der Waals surface area contributed by atoms with E-state index in [2.05, 4.69) is 10.3 Å². The summed E-state index contributed by atoms with van der Waals surface area (Å²) < 4.78 is 50.8. The van der Waals surface area contributed by atoms with Gasteiger partial charge in [-0.15, -0.1) is 0 Å². The highest BCUT2D eigenvalue weighted by molar-refractivity contribution is 5.85. The quantitative estimate of drug-likeness (QED) is 0.715. The molecule has 0 unspecified atom stereocenters. The Hall–Kier alpha value is -2.36. The summed E-state index contributed by atoms with van der Waals surface area (Å²) in [4.78, 5) is 31.7. The van der Waals surface area contributed by atoms with E-state index in [9.17, 15) is 22.8 Å². The maximum absolute atomic E-state index is 13.8. The lowest BCUT2D eigenvalue weighted by atomic mass is 9.79. The van der Waals surface area contributed by atoms with Crippen molar-refractivity contribution in [2.24, 2.45) is 11.3 Å². The number of hydrogen-bond donors (Lipinski definition) is 1. The van der Waals surface area contributed by atoms with Crippen molar-refractivity contribution < 1.29 is 32.2 Å². The lowest BCUT2D eigenvalue weighted by Gasteiger charge is -2.36. The van der Waals surface area contributed by atoms with Crippen molar-refractivity contribution in [3.8, 4) is 0 Å². The average Bonchev–Trinajstić information content (AvgIpc) is 3.23. The van der Waals surface area contributed by atoms with Crippen molar-refractivity contribution in [2.45, 2.75) is 77.4 Å². The van der Waals surface area contributed by atoms with Crippen molar-refractivity contribution >= 4 is 12.0 Å². The van der Waals surface area contributed by atoms with Gasteiger partial charge in [-0.05, 0) is 45.2 Å². The third-order valence-electron chi connectivity index (χ3n) is 6.87. The van der Waals surface area contributed by atoms with Crippen LogP contribution in [0.15, 0.2) is 12.3 Å². The highest BCUT2D eigenvalue weighted by atomic mass is 19.4. The van der Waals surface area contributed by atoms with Gasteiger partial charge in [0.2, 0.25) is 5.91 Å². The lowest BCUT2D eigenvalue weighted by molar-refractivity contribution is -0.145. The summed E-state index contributed by atoms with van der Waals surface area (Å²) in [6.07, 6.45) is -3.24. The van der Waals surface area contributed by atoms with Gasteiger partial charge in [0.15, 0.2) is 0 Å². The molecule has 2 aliphatic heterocycles. The molecule has 0 aromatic carbocycles. The van der Waals surface area contributed by atoms with Crippen LogP contribution in [0, 0.1) is 11.3 Å². The number of carbonyl (C=O) groups excluding carboxylic acids is 2. The van der Waals surface area contributed by atoms with E-state index in [0.717, 1.165) is 12.3 Å². The number of nitrogens with one attached hydrogen (secondary N) is 1. The summed E-state index contributed by atoms with van der Waals surface area (Å²) in [5.41, 5.74) is -1.26. The summed E-state index contributed by atoms with van der Waals surface area (Å²) in [6.45, 7) is 8.18. The summed E-state index contributed by atoms with van der Waals surface area (Å²) in [5, 5.41) is 2.89. The topological polar surface area (TPSA) is 80.8 Å². The number of fused-ring (bicyclic) bond motifs is 2. The van der Waals surface area contributed by atoms with E-state index >= 15 is 0 Å². The zero-order valence-electron chi connectivity index (χ0n) is 19.3. The largest absolute Gasteiger partial charge is 0.444 e. The van der Waals surface area contributed by atoms with Crippen molar-refractivity contribution in [3.63, 3.8) is 0 Å². The Kier molecular flexibility index (Phi) is 5.87. The van der Waals surface area contributed by atoms with E-state index in [1.807, 2.05) is 6.92 Å². The molecular formula is C23H30F3N3O4. The van der Waals surface area contributed by atoms with Gasteiger partial charge in [-0.1, -0.05) is 6.92 Å². The van der Waals surface area contributed by atoms with Gasteiger partial charge in [0.05, 0.1) is 17.1 Å². The molecule has 2 amide bonds. The molecule has 0 radical (unpaired) electrons. The molecule has 1 N–H and O–H groups in total. The minimum atomic E-state index is -4.49. The van der Waals surface area contributed by atoms with Crippen LogP contribution in [-0.2, 0) is 33.4 Å². The maximum Gasteiger partial charge on any atom is 0.417 e. The molecule has 10 heteroatoms. The number of halogens is 3. The molecule has 0 bridgehead atoms. The summed E-state index contributed by atoms with van der Waals surface area (Å²) in [6, 6.07) is 0.788.